The van der Waals surface area contributed by atoms with E-state index in [2.05, 4.69) is 5.32 Å². The Bertz CT molecular complexity index is 887. The Morgan fingerprint density at radius 2 is 2.18 bits per heavy atom. The molecule has 0 saturated carbocycles. The molecule has 0 radical (unpaired) electrons. The summed E-state index contributed by atoms with van der Waals surface area (Å²) in [6.45, 7) is 2.00. The number of ketones is 2. The highest BCUT2D eigenvalue weighted by Gasteiger charge is 2.72. The van der Waals surface area contributed by atoms with Crippen molar-refractivity contribution in [3.05, 3.63) is 47.1 Å². The van der Waals surface area contributed by atoms with Crippen LogP contribution in [0, 0.1) is 5.92 Å². The predicted molar refractivity (Wildman–Crippen MR) is 96.6 cm³/mol. The van der Waals surface area contributed by atoms with Gasteiger partial charge in [-0.3, -0.25) is 9.59 Å². The first-order chi connectivity index (χ1) is 13.5. The molecule has 8 heteroatoms. The molecular formula is C20H22N2O6. The third-order valence-electron chi connectivity index (χ3n) is 6.32. The van der Waals surface area contributed by atoms with Crippen molar-refractivity contribution in [2.45, 2.75) is 30.8 Å². The maximum atomic E-state index is 13.3. The van der Waals surface area contributed by atoms with Crippen LogP contribution in [0.3, 0.4) is 0 Å². The summed E-state index contributed by atoms with van der Waals surface area (Å²) >= 11 is 0. The lowest BCUT2D eigenvalue weighted by Gasteiger charge is -2.39. The minimum atomic E-state index is -0.912. The number of hydrogen-bond acceptors (Lipinski definition) is 8. The molecule has 2 N–H and O–H groups in total. The number of nitrogens with zero attached hydrogens (tertiary/aromatic N) is 1. The van der Waals surface area contributed by atoms with Gasteiger partial charge in [-0.05, 0) is 19.1 Å². The molecule has 2 saturated heterocycles. The number of carbonyl (C=O) groups is 2. The van der Waals surface area contributed by atoms with Crippen LogP contribution >= 0.6 is 0 Å². The molecule has 148 valence electrons. The average Bonchev–Trinajstić information content (AvgIpc) is 3.32. The molecule has 0 bridgehead atoms. The van der Waals surface area contributed by atoms with Crippen LogP contribution in [-0.2, 0) is 23.8 Å². The molecule has 5 unspecified atom stereocenters. The van der Waals surface area contributed by atoms with Gasteiger partial charge in [0, 0.05) is 30.8 Å². The number of rotatable bonds is 5. The first kappa shape index (κ1) is 17.7. The number of aliphatic hydroxyl groups is 1. The summed E-state index contributed by atoms with van der Waals surface area (Å²) in [6, 6.07) is 0.189. The molecule has 2 fully saturated rings. The van der Waals surface area contributed by atoms with E-state index in [1.165, 1.54) is 0 Å². The fourth-order valence-corrected chi connectivity index (χ4v) is 4.98. The molecule has 0 spiro atoms. The standard InChI is InChI=1S/C20H22N2O6/c1-10-16(24)15-14(17(25)18(10)28-9-11-5-3-4-6-27-11)12(8-23)20(26-2)19-13(21-19)7-22(15)20/h3-6,11-13,19,21,23H,7-9H2,1-2H3. The Morgan fingerprint density at radius 1 is 1.36 bits per heavy atom. The summed E-state index contributed by atoms with van der Waals surface area (Å²) in [6.07, 6.45) is 6.64. The van der Waals surface area contributed by atoms with E-state index >= 15 is 0 Å². The summed E-state index contributed by atoms with van der Waals surface area (Å²) in [5.74, 6) is -1.19. The normalized spacial score (nSPS) is 37.9. The molecular weight excluding hydrogens is 364 g/mol. The quantitative estimate of drug-likeness (QED) is 0.493. The van der Waals surface area contributed by atoms with E-state index in [1.807, 2.05) is 17.1 Å². The lowest BCUT2D eigenvalue weighted by Crippen LogP contribution is -2.54. The zero-order chi connectivity index (χ0) is 19.6. The number of piperazine rings is 1. The number of Topliss-reactive ketones (excluding diaryl/α,β-unsaturated/α-hetero) is 2. The Balaban J connectivity index is 1.47. The summed E-state index contributed by atoms with van der Waals surface area (Å²) in [5, 5.41) is 13.5. The molecule has 0 aromatic rings. The van der Waals surface area contributed by atoms with Gasteiger partial charge >= 0.3 is 0 Å². The van der Waals surface area contributed by atoms with Gasteiger partial charge in [0.1, 0.15) is 6.61 Å². The fraction of sp³-hybridized carbons (Fsp3) is 0.500. The third-order valence-corrected chi connectivity index (χ3v) is 6.32. The van der Waals surface area contributed by atoms with E-state index < -0.39 is 11.6 Å². The largest absolute Gasteiger partial charge is 0.490 e. The smallest absolute Gasteiger partial charge is 0.226 e. The van der Waals surface area contributed by atoms with E-state index in [1.54, 1.807) is 26.4 Å². The van der Waals surface area contributed by atoms with Gasteiger partial charge < -0.3 is 29.5 Å². The number of nitrogens with one attached hydrogen (secondary N) is 1. The summed E-state index contributed by atoms with van der Waals surface area (Å²) < 4.78 is 17.0. The van der Waals surface area contributed by atoms with Crippen molar-refractivity contribution in [2.75, 3.05) is 26.9 Å². The first-order valence-corrected chi connectivity index (χ1v) is 9.40. The fourth-order valence-electron chi connectivity index (χ4n) is 4.98. The van der Waals surface area contributed by atoms with Crippen molar-refractivity contribution in [1.29, 1.82) is 0 Å². The lowest BCUT2D eigenvalue weighted by molar-refractivity contribution is -0.137. The Morgan fingerprint density at radius 3 is 2.86 bits per heavy atom. The van der Waals surface area contributed by atoms with Crippen molar-refractivity contribution in [3.63, 3.8) is 0 Å². The van der Waals surface area contributed by atoms with E-state index in [0.29, 0.717) is 17.8 Å². The first-order valence-electron chi connectivity index (χ1n) is 9.40. The van der Waals surface area contributed by atoms with Gasteiger partial charge in [0.2, 0.25) is 11.6 Å². The maximum absolute atomic E-state index is 13.3. The van der Waals surface area contributed by atoms with Crippen LogP contribution in [0.5, 0.6) is 0 Å². The summed E-state index contributed by atoms with van der Waals surface area (Å²) in [5.41, 5.74) is 0.00492. The molecule has 0 aromatic carbocycles. The molecule has 5 atom stereocenters. The van der Waals surface area contributed by atoms with E-state index in [-0.39, 0.29) is 54.3 Å². The number of allylic oxidation sites excluding steroid dienone is 4. The number of aliphatic hydroxyl groups excluding tert-OH is 1. The van der Waals surface area contributed by atoms with Crippen molar-refractivity contribution >= 4 is 11.6 Å². The van der Waals surface area contributed by atoms with Crippen molar-refractivity contribution in [3.8, 4) is 0 Å². The monoisotopic (exact) mass is 386 g/mol. The van der Waals surface area contributed by atoms with E-state index in [9.17, 15) is 14.7 Å². The number of hydrogen-bond donors (Lipinski definition) is 2. The molecule has 5 rings (SSSR count). The topological polar surface area (TPSA) is 107 Å². The van der Waals surface area contributed by atoms with Crippen LogP contribution in [0.1, 0.15) is 6.92 Å². The summed E-state index contributed by atoms with van der Waals surface area (Å²) in [4.78, 5) is 28.4. The number of carbonyl (C=O) groups excluding carboxylic acids is 2. The van der Waals surface area contributed by atoms with E-state index in [0.717, 1.165) is 0 Å². The molecule has 28 heavy (non-hydrogen) atoms. The molecule has 0 amide bonds. The zero-order valence-corrected chi connectivity index (χ0v) is 15.7. The van der Waals surface area contributed by atoms with Gasteiger partial charge in [0.25, 0.3) is 0 Å². The number of fused-ring (bicyclic) bond motifs is 4. The van der Waals surface area contributed by atoms with Crippen molar-refractivity contribution in [1.82, 2.24) is 10.2 Å². The minimum Gasteiger partial charge on any atom is -0.490 e. The van der Waals surface area contributed by atoms with Gasteiger partial charge in [-0.25, -0.2) is 0 Å². The Kier molecular flexibility index (Phi) is 3.81. The SMILES string of the molecule is COC12C(CO)C3=C(C(=O)C(C)=C(OCC4C=CC=CO4)C3=O)N1CC1NC12. The highest BCUT2D eigenvalue weighted by Crippen LogP contribution is 2.55. The molecule has 4 heterocycles. The Labute approximate surface area is 162 Å². The van der Waals surface area contributed by atoms with Crippen LogP contribution in [0.4, 0.5) is 0 Å². The number of ether oxygens (including phenoxy) is 3. The molecule has 1 aliphatic carbocycles. The molecule has 0 aromatic heterocycles. The van der Waals surface area contributed by atoms with Crippen molar-refractivity contribution in [2.24, 2.45) is 5.92 Å². The van der Waals surface area contributed by atoms with Crippen LogP contribution in [0.2, 0.25) is 0 Å². The molecule has 8 nitrogen and oxygen atoms in total. The second-order valence-corrected chi connectivity index (χ2v) is 7.63. The highest BCUT2D eigenvalue weighted by atomic mass is 16.5. The second kappa shape index (κ2) is 6.04. The van der Waals surface area contributed by atoms with Gasteiger partial charge in [0.05, 0.1) is 30.5 Å². The van der Waals surface area contributed by atoms with Crippen LogP contribution in [-0.4, -0.2) is 72.4 Å². The van der Waals surface area contributed by atoms with Crippen molar-refractivity contribution < 1.29 is 28.9 Å². The number of methoxy groups -OCH3 is 1. The average molecular weight is 386 g/mol. The van der Waals surface area contributed by atoms with Gasteiger partial charge in [-0.2, -0.15) is 0 Å². The predicted octanol–water partition coefficient (Wildman–Crippen LogP) is -0.228. The minimum absolute atomic E-state index is 0.0157. The second-order valence-electron chi connectivity index (χ2n) is 7.63. The van der Waals surface area contributed by atoms with E-state index in [4.69, 9.17) is 14.2 Å². The highest BCUT2D eigenvalue weighted by molar-refractivity contribution is 6.25. The lowest BCUT2D eigenvalue weighted by atomic mass is 9.83. The molecule has 5 aliphatic rings. The maximum Gasteiger partial charge on any atom is 0.226 e. The van der Waals surface area contributed by atoms with Crippen LogP contribution in [0.25, 0.3) is 0 Å². The van der Waals surface area contributed by atoms with Crippen LogP contribution < -0.4 is 5.32 Å². The molecule has 4 aliphatic heterocycles. The van der Waals surface area contributed by atoms with Gasteiger partial charge in [-0.1, -0.05) is 6.08 Å². The summed E-state index contributed by atoms with van der Waals surface area (Å²) in [7, 11) is 1.56. The Hall–Kier alpha value is -2.42. The zero-order valence-electron chi connectivity index (χ0n) is 15.7. The van der Waals surface area contributed by atoms with Gasteiger partial charge in [0.15, 0.2) is 17.6 Å². The van der Waals surface area contributed by atoms with Gasteiger partial charge in [-0.15, -0.1) is 0 Å². The van der Waals surface area contributed by atoms with Crippen LogP contribution in [0.15, 0.2) is 47.1 Å². The third kappa shape index (κ3) is 2.10.